The van der Waals surface area contributed by atoms with E-state index < -0.39 is 0 Å². The molecule has 8 rings (SSSR count). The van der Waals surface area contributed by atoms with Crippen molar-refractivity contribution in [1.29, 1.82) is 0 Å². The molecule has 3 aromatic heterocycles. The molecule has 41 heavy (non-hydrogen) atoms. The molecular weight excluding hydrogens is 504 g/mol. The van der Waals surface area contributed by atoms with E-state index in [0.29, 0.717) is 17.5 Å². The van der Waals surface area contributed by atoms with Gasteiger partial charge in [0.15, 0.2) is 17.5 Å². The van der Waals surface area contributed by atoms with Crippen LogP contribution in [0, 0.1) is 0 Å². The predicted octanol–water partition coefficient (Wildman–Crippen LogP) is 8.99. The summed E-state index contributed by atoms with van der Waals surface area (Å²) in [5, 5.41) is 3.13. The van der Waals surface area contributed by atoms with Gasteiger partial charge in [-0.15, -0.1) is 0 Å². The molecule has 8 aromatic rings. The van der Waals surface area contributed by atoms with Crippen LogP contribution in [-0.4, -0.2) is 19.9 Å². The summed E-state index contributed by atoms with van der Waals surface area (Å²) >= 11 is 0. The minimum absolute atomic E-state index is 0.553. The van der Waals surface area contributed by atoms with Crippen LogP contribution in [0.15, 0.2) is 138 Å². The van der Waals surface area contributed by atoms with Gasteiger partial charge < -0.3 is 4.42 Å². The highest BCUT2D eigenvalue weighted by Crippen LogP contribution is 2.40. The van der Waals surface area contributed by atoms with E-state index in [-0.39, 0.29) is 0 Å². The summed E-state index contributed by atoms with van der Waals surface area (Å²) in [6.07, 6.45) is 1.84. The molecule has 0 spiro atoms. The minimum Gasteiger partial charge on any atom is -0.455 e. The zero-order valence-electron chi connectivity index (χ0n) is 21.9. The lowest BCUT2D eigenvalue weighted by atomic mass is 9.97. The number of aromatic nitrogens is 4. The summed E-state index contributed by atoms with van der Waals surface area (Å²) in [6.45, 7) is 0. The van der Waals surface area contributed by atoms with E-state index >= 15 is 0 Å². The molecule has 0 N–H and O–H groups in total. The number of furan rings is 1. The van der Waals surface area contributed by atoms with Crippen molar-refractivity contribution >= 4 is 32.8 Å². The Morgan fingerprint density at radius 2 is 1.12 bits per heavy atom. The van der Waals surface area contributed by atoms with Crippen molar-refractivity contribution in [3.05, 3.63) is 134 Å². The molecule has 0 atom stereocenters. The zero-order valence-corrected chi connectivity index (χ0v) is 21.9. The van der Waals surface area contributed by atoms with Crippen LogP contribution in [0.25, 0.3) is 78.1 Å². The van der Waals surface area contributed by atoms with Crippen LogP contribution in [0.3, 0.4) is 0 Å². The summed E-state index contributed by atoms with van der Waals surface area (Å²) in [5.74, 6) is 1.77. The van der Waals surface area contributed by atoms with Gasteiger partial charge in [0.2, 0.25) is 0 Å². The van der Waals surface area contributed by atoms with Gasteiger partial charge >= 0.3 is 0 Å². The van der Waals surface area contributed by atoms with Crippen LogP contribution >= 0.6 is 0 Å². The Kier molecular flexibility index (Phi) is 5.38. The Morgan fingerprint density at radius 3 is 1.88 bits per heavy atom. The molecule has 3 heterocycles. The minimum atomic E-state index is 0.553. The number of hydrogen-bond acceptors (Lipinski definition) is 5. The SMILES string of the molecule is c1ccc(-c2nc(-c3ccccc3)nc(-c3cc(-c4cccc5cccnc45)cc4c3oc3ccccc34)n2)cc1. The van der Waals surface area contributed by atoms with Crippen molar-refractivity contribution < 1.29 is 4.42 Å². The lowest BCUT2D eigenvalue weighted by Gasteiger charge is -2.11. The van der Waals surface area contributed by atoms with Gasteiger partial charge in [-0.25, -0.2) is 15.0 Å². The van der Waals surface area contributed by atoms with Crippen LogP contribution in [0.5, 0.6) is 0 Å². The molecule has 5 aromatic carbocycles. The van der Waals surface area contributed by atoms with E-state index in [2.05, 4.69) is 42.5 Å². The molecule has 0 bridgehead atoms. The number of nitrogens with zero attached hydrogens (tertiary/aromatic N) is 4. The number of para-hydroxylation sites is 2. The number of hydrogen-bond donors (Lipinski definition) is 0. The lowest BCUT2D eigenvalue weighted by Crippen LogP contribution is -2.00. The molecule has 0 amide bonds. The van der Waals surface area contributed by atoms with Crippen molar-refractivity contribution in [2.45, 2.75) is 0 Å². The van der Waals surface area contributed by atoms with Gasteiger partial charge in [0.1, 0.15) is 11.2 Å². The highest BCUT2D eigenvalue weighted by atomic mass is 16.3. The number of fused-ring (bicyclic) bond motifs is 4. The fraction of sp³-hybridized carbons (Fsp3) is 0. The second kappa shape index (κ2) is 9.50. The van der Waals surface area contributed by atoms with Crippen molar-refractivity contribution in [3.63, 3.8) is 0 Å². The Hall–Kier alpha value is -5.68. The molecule has 5 nitrogen and oxygen atoms in total. The highest BCUT2D eigenvalue weighted by molar-refractivity contribution is 6.11. The summed E-state index contributed by atoms with van der Waals surface area (Å²) in [5.41, 5.74) is 7.21. The Labute approximate surface area is 235 Å². The van der Waals surface area contributed by atoms with Gasteiger partial charge in [-0.1, -0.05) is 103 Å². The molecule has 0 saturated heterocycles. The Morgan fingerprint density at radius 1 is 0.463 bits per heavy atom. The fourth-order valence-corrected chi connectivity index (χ4v) is 5.41. The topological polar surface area (TPSA) is 64.7 Å². The standard InChI is InChI=1S/C36H22N4O/c1-3-11-24(12-4-1)34-38-35(25-13-5-2-6-14-25)40-36(39-34)30-22-26(27-18-9-15-23-16-10-20-37-32(23)27)21-29-28-17-7-8-19-31(28)41-33(29)30/h1-22H. The molecule has 0 aliphatic carbocycles. The van der Waals surface area contributed by atoms with Crippen LogP contribution in [0.2, 0.25) is 0 Å². The predicted molar refractivity (Wildman–Crippen MR) is 164 cm³/mol. The average Bonchev–Trinajstić information content (AvgIpc) is 3.43. The summed E-state index contributed by atoms with van der Waals surface area (Å²) in [4.78, 5) is 19.7. The smallest absolute Gasteiger partial charge is 0.167 e. The second-order valence-electron chi connectivity index (χ2n) is 9.92. The second-order valence-corrected chi connectivity index (χ2v) is 9.92. The van der Waals surface area contributed by atoms with E-state index in [1.54, 1.807) is 0 Å². The van der Waals surface area contributed by atoms with Crippen LogP contribution in [-0.2, 0) is 0 Å². The number of benzene rings is 5. The van der Waals surface area contributed by atoms with Crippen molar-refractivity contribution in [2.24, 2.45) is 0 Å². The van der Waals surface area contributed by atoms with Gasteiger partial charge in [0.25, 0.3) is 0 Å². The first-order valence-electron chi connectivity index (χ1n) is 13.5. The maximum absolute atomic E-state index is 6.49. The maximum atomic E-state index is 6.49. The van der Waals surface area contributed by atoms with E-state index in [0.717, 1.165) is 60.7 Å². The van der Waals surface area contributed by atoms with Crippen molar-refractivity contribution in [3.8, 4) is 45.3 Å². The van der Waals surface area contributed by atoms with E-state index in [9.17, 15) is 0 Å². The molecule has 0 aliphatic rings. The Bertz CT molecular complexity index is 2140. The van der Waals surface area contributed by atoms with E-state index in [1.165, 1.54) is 0 Å². The van der Waals surface area contributed by atoms with Gasteiger partial charge in [-0.3, -0.25) is 4.98 Å². The normalized spacial score (nSPS) is 11.4. The molecule has 0 fully saturated rings. The molecule has 5 heteroatoms. The van der Waals surface area contributed by atoms with Gasteiger partial charge in [-0.2, -0.15) is 0 Å². The number of rotatable bonds is 4. The zero-order chi connectivity index (χ0) is 27.2. The molecule has 192 valence electrons. The summed E-state index contributed by atoms with van der Waals surface area (Å²) in [6, 6.07) is 42.8. The van der Waals surface area contributed by atoms with Crippen molar-refractivity contribution in [2.75, 3.05) is 0 Å². The van der Waals surface area contributed by atoms with Gasteiger partial charge in [0.05, 0.1) is 11.1 Å². The quantitative estimate of drug-likeness (QED) is 0.229. The Balaban J connectivity index is 1.46. The van der Waals surface area contributed by atoms with E-state index in [4.69, 9.17) is 24.4 Å². The average molecular weight is 527 g/mol. The first-order valence-corrected chi connectivity index (χ1v) is 13.5. The lowest BCUT2D eigenvalue weighted by molar-refractivity contribution is 0.669. The maximum Gasteiger partial charge on any atom is 0.167 e. The summed E-state index contributed by atoms with van der Waals surface area (Å²) in [7, 11) is 0. The van der Waals surface area contributed by atoms with Gasteiger partial charge in [0, 0.05) is 39.0 Å². The third kappa shape index (κ3) is 4.03. The van der Waals surface area contributed by atoms with Crippen LogP contribution in [0.4, 0.5) is 0 Å². The highest BCUT2D eigenvalue weighted by Gasteiger charge is 2.20. The first-order chi connectivity index (χ1) is 20.3. The first kappa shape index (κ1) is 23.2. The fourth-order valence-electron chi connectivity index (χ4n) is 5.41. The third-order valence-electron chi connectivity index (χ3n) is 7.36. The van der Waals surface area contributed by atoms with Crippen molar-refractivity contribution in [1.82, 2.24) is 19.9 Å². The summed E-state index contributed by atoms with van der Waals surface area (Å²) < 4.78 is 6.49. The molecule has 0 saturated carbocycles. The number of pyridine rings is 1. The van der Waals surface area contributed by atoms with Gasteiger partial charge in [-0.05, 0) is 29.8 Å². The van der Waals surface area contributed by atoms with Crippen LogP contribution < -0.4 is 0 Å². The molecule has 0 radical (unpaired) electrons. The monoisotopic (exact) mass is 526 g/mol. The molecular formula is C36H22N4O. The molecule has 0 aliphatic heterocycles. The third-order valence-corrected chi connectivity index (χ3v) is 7.36. The molecule has 0 unspecified atom stereocenters. The van der Waals surface area contributed by atoms with Crippen LogP contribution in [0.1, 0.15) is 0 Å². The largest absolute Gasteiger partial charge is 0.455 e. The van der Waals surface area contributed by atoms with E-state index in [1.807, 2.05) is 91.1 Å².